The second-order valence-corrected chi connectivity index (χ2v) is 5.80. The lowest BCUT2D eigenvalue weighted by molar-refractivity contribution is 0.0939. The van der Waals surface area contributed by atoms with E-state index in [0.29, 0.717) is 24.5 Å². The van der Waals surface area contributed by atoms with E-state index in [-0.39, 0.29) is 11.9 Å². The van der Waals surface area contributed by atoms with Gasteiger partial charge in [0, 0.05) is 22.4 Å². The van der Waals surface area contributed by atoms with Crippen molar-refractivity contribution < 1.29 is 14.3 Å². The fraction of sp³-hybridized carbons (Fsp3) is 0.250. The van der Waals surface area contributed by atoms with Crippen molar-refractivity contribution in [3.8, 4) is 11.5 Å². The Morgan fingerprint density at radius 3 is 2.55 bits per heavy atom. The Balaban J connectivity index is 1.80. The summed E-state index contributed by atoms with van der Waals surface area (Å²) < 4.78 is 12.0. The van der Waals surface area contributed by atoms with Crippen LogP contribution >= 0.6 is 15.9 Å². The molecular weight excluding hydrogens is 348 g/mol. The number of rotatable bonds is 3. The summed E-state index contributed by atoms with van der Waals surface area (Å²) in [4.78, 5) is 16.1. The van der Waals surface area contributed by atoms with Crippen molar-refractivity contribution in [3.63, 3.8) is 0 Å². The molecule has 2 heterocycles. The topological polar surface area (TPSA) is 60.5 Å². The summed E-state index contributed by atoms with van der Waals surface area (Å²) in [7, 11) is 0. The largest absolute Gasteiger partial charge is 0.486 e. The van der Waals surface area contributed by atoms with Crippen molar-refractivity contribution in [1.82, 2.24) is 10.3 Å². The maximum Gasteiger partial charge on any atom is 0.251 e. The van der Waals surface area contributed by atoms with Crippen molar-refractivity contribution >= 4 is 21.8 Å². The summed E-state index contributed by atoms with van der Waals surface area (Å²) in [6.45, 7) is 3.01. The molecule has 1 aliphatic rings. The number of halogens is 1. The SMILES string of the molecule is C[C@@H](NC(=O)c1ccncc1)c1cc2c(cc1Br)OCCO2. The molecule has 0 bridgehead atoms. The van der Waals surface area contributed by atoms with Crippen LogP contribution in [-0.2, 0) is 0 Å². The average molecular weight is 363 g/mol. The summed E-state index contributed by atoms with van der Waals surface area (Å²) in [5.74, 6) is 1.28. The van der Waals surface area contributed by atoms with Crippen LogP contribution < -0.4 is 14.8 Å². The maximum atomic E-state index is 12.2. The number of hydrogen-bond donors (Lipinski definition) is 1. The lowest BCUT2D eigenvalue weighted by atomic mass is 10.1. The van der Waals surface area contributed by atoms with Gasteiger partial charge in [-0.25, -0.2) is 0 Å². The van der Waals surface area contributed by atoms with Gasteiger partial charge in [-0.3, -0.25) is 9.78 Å². The molecule has 0 aliphatic carbocycles. The highest BCUT2D eigenvalue weighted by atomic mass is 79.9. The molecule has 1 aromatic heterocycles. The van der Waals surface area contributed by atoms with Gasteiger partial charge in [-0.2, -0.15) is 0 Å². The van der Waals surface area contributed by atoms with Crippen LogP contribution in [0.15, 0.2) is 41.1 Å². The van der Waals surface area contributed by atoms with Crippen molar-refractivity contribution in [2.45, 2.75) is 13.0 Å². The number of nitrogens with one attached hydrogen (secondary N) is 1. The molecule has 0 fully saturated rings. The number of carbonyl (C=O) groups excluding carboxylic acids is 1. The van der Waals surface area contributed by atoms with Crippen LogP contribution in [0, 0.1) is 0 Å². The fourth-order valence-electron chi connectivity index (χ4n) is 2.27. The molecule has 1 atom stereocenters. The van der Waals surface area contributed by atoms with Crippen molar-refractivity contribution in [2.75, 3.05) is 13.2 Å². The van der Waals surface area contributed by atoms with Crippen LogP contribution in [0.1, 0.15) is 28.9 Å². The molecule has 0 saturated carbocycles. The molecule has 114 valence electrons. The maximum absolute atomic E-state index is 12.2. The molecule has 5 nitrogen and oxygen atoms in total. The minimum Gasteiger partial charge on any atom is -0.486 e. The molecule has 1 amide bonds. The second-order valence-electron chi connectivity index (χ2n) is 4.95. The van der Waals surface area contributed by atoms with Gasteiger partial charge in [0.15, 0.2) is 11.5 Å². The Kier molecular flexibility index (Phi) is 4.29. The van der Waals surface area contributed by atoms with E-state index < -0.39 is 0 Å². The summed E-state index contributed by atoms with van der Waals surface area (Å²) in [5, 5.41) is 2.97. The molecular formula is C16H15BrN2O3. The third kappa shape index (κ3) is 3.06. The molecule has 22 heavy (non-hydrogen) atoms. The predicted octanol–water partition coefficient (Wildman–Crippen LogP) is 3.11. The van der Waals surface area contributed by atoms with E-state index in [1.165, 1.54) is 0 Å². The first-order chi connectivity index (χ1) is 10.6. The van der Waals surface area contributed by atoms with Crippen LogP contribution in [0.2, 0.25) is 0 Å². The normalized spacial score (nSPS) is 14.3. The van der Waals surface area contributed by atoms with E-state index in [4.69, 9.17) is 9.47 Å². The minimum atomic E-state index is -0.175. The van der Waals surface area contributed by atoms with Crippen molar-refractivity contribution in [2.24, 2.45) is 0 Å². The van der Waals surface area contributed by atoms with Gasteiger partial charge in [0.2, 0.25) is 0 Å². The first kappa shape index (κ1) is 14.8. The zero-order valence-corrected chi connectivity index (χ0v) is 13.6. The second kappa shape index (κ2) is 6.36. The van der Waals surface area contributed by atoms with Crippen LogP contribution in [-0.4, -0.2) is 24.1 Å². The molecule has 0 saturated heterocycles. The summed E-state index contributed by atoms with van der Waals surface area (Å²) in [6, 6.07) is 6.96. The van der Waals surface area contributed by atoms with Gasteiger partial charge >= 0.3 is 0 Å². The fourth-order valence-corrected chi connectivity index (χ4v) is 2.94. The number of fused-ring (bicyclic) bond motifs is 1. The molecule has 6 heteroatoms. The first-order valence-corrected chi connectivity index (χ1v) is 7.74. The van der Waals surface area contributed by atoms with Gasteiger partial charge in [-0.05, 0) is 36.8 Å². The van der Waals surface area contributed by atoms with Gasteiger partial charge in [0.25, 0.3) is 5.91 Å². The first-order valence-electron chi connectivity index (χ1n) is 6.95. The Bertz CT molecular complexity index is 691. The zero-order valence-electron chi connectivity index (χ0n) is 12.0. The lowest BCUT2D eigenvalue weighted by Gasteiger charge is -2.22. The predicted molar refractivity (Wildman–Crippen MR) is 85.3 cm³/mol. The summed E-state index contributed by atoms with van der Waals surface area (Å²) >= 11 is 3.53. The average Bonchev–Trinajstić information content (AvgIpc) is 2.54. The standard InChI is InChI=1S/C16H15BrN2O3/c1-10(19-16(20)11-2-4-18-5-3-11)12-8-14-15(9-13(12)17)22-7-6-21-14/h2-5,8-10H,6-7H2,1H3,(H,19,20)/t10-/m1/s1. The van der Waals surface area contributed by atoms with E-state index in [2.05, 4.69) is 26.2 Å². The smallest absolute Gasteiger partial charge is 0.251 e. The van der Waals surface area contributed by atoms with E-state index in [1.807, 2.05) is 19.1 Å². The molecule has 2 aromatic rings. The number of amides is 1. The highest BCUT2D eigenvalue weighted by molar-refractivity contribution is 9.10. The quantitative estimate of drug-likeness (QED) is 0.911. The van der Waals surface area contributed by atoms with Gasteiger partial charge < -0.3 is 14.8 Å². The third-order valence-corrected chi connectivity index (χ3v) is 4.10. The molecule has 3 rings (SSSR count). The number of pyridine rings is 1. The van der Waals surface area contributed by atoms with Crippen molar-refractivity contribution in [1.29, 1.82) is 0 Å². The highest BCUT2D eigenvalue weighted by Gasteiger charge is 2.19. The van der Waals surface area contributed by atoms with E-state index in [9.17, 15) is 4.79 Å². The number of aromatic nitrogens is 1. The highest BCUT2D eigenvalue weighted by Crippen LogP contribution is 2.37. The number of benzene rings is 1. The van der Waals surface area contributed by atoms with E-state index in [1.54, 1.807) is 24.5 Å². The summed E-state index contributed by atoms with van der Waals surface area (Å²) in [6.07, 6.45) is 3.19. The third-order valence-electron chi connectivity index (χ3n) is 3.42. The summed E-state index contributed by atoms with van der Waals surface area (Å²) in [5.41, 5.74) is 1.52. The number of ether oxygens (including phenoxy) is 2. The molecule has 1 aromatic carbocycles. The van der Waals surface area contributed by atoms with Crippen molar-refractivity contribution in [3.05, 3.63) is 52.3 Å². The molecule has 0 spiro atoms. The van der Waals surface area contributed by atoms with Gasteiger partial charge in [-0.15, -0.1) is 0 Å². The van der Waals surface area contributed by atoms with Crippen LogP contribution in [0.5, 0.6) is 11.5 Å². The van der Waals surface area contributed by atoms with Crippen LogP contribution in [0.25, 0.3) is 0 Å². The number of carbonyl (C=O) groups is 1. The molecule has 0 unspecified atom stereocenters. The lowest BCUT2D eigenvalue weighted by Crippen LogP contribution is -2.27. The van der Waals surface area contributed by atoms with E-state index in [0.717, 1.165) is 15.8 Å². The van der Waals surface area contributed by atoms with E-state index >= 15 is 0 Å². The Labute approximate surface area is 136 Å². The number of nitrogens with zero attached hydrogens (tertiary/aromatic N) is 1. The minimum absolute atomic E-state index is 0.142. The van der Waals surface area contributed by atoms with Crippen LogP contribution in [0.3, 0.4) is 0 Å². The van der Waals surface area contributed by atoms with Gasteiger partial charge in [0.05, 0.1) is 6.04 Å². The Morgan fingerprint density at radius 2 is 1.86 bits per heavy atom. The molecule has 1 N–H and O–H groups in total. The monoisotopic (exact) mass is 362 g/mol. The Hall–Kier alpha value is -2.08. The molecule has 0 radical (unpaired) electrons. The van der Waals surface area contributed by atoms with Gasteiger partial charge in [0.1, 0.15) is 13.2 Å². The van der Waals surface area contributed by atoms with Gasteiger partial charge in [-0.1, -0.05) is 15.9 Å². The number of hydrogen-bond acceptors (Lipinski definition) is 4. The van der Waals surface area contributed by atoms with Crippen LogP contribution in [0.4, 0.5) is 0 Å². The molecule has 1 aliphatic heterocycles. The zero-order chi connectivity index (χ0) is 15.5. The Morgan fingerprint density at radius 1 is 1.23 bits per heavy atom.